The van der Waals surface area contributed by atoms with Crippen LogP contribution < -0.4 is 4.74 Å². The molecule has 0 spiro atoms. The van der Waals surface area contributed by atoms with E-state index in [2.05, 4.69) is 24.0 Å². The molecular weight excluding hydrogens is 290 g/mol. The molecule has 0 saturated heterocycles. The van der Waals surface area contributed by atoms with Gasteiger partial charge in [0.05, 0.1) is 7.11 Å². The highest BCUT2D eigenvalue weighted by molar-refractivity contribution is 7.99. The van der Waals surface area contributed by atoms with E-state index >= 15 is 0 Å². The van der Waals surface area contributed by atoms with Crippen molar-refractivity contribution < 1.29 is 4.74 Å². The molecule has 1 aromatic heterocycles. The van der Waals surface area contributed by atoms with Crippen molar-refractivity contribution in [2.45, 2.75) is 17.4 Å². The summed E-state index contributed by atoms with van der Waals surface area (Å²) in [4.78, 5) is 4.08. The molecule has 0 aliphatic heterocycles. The predicted octanol–water partition coefficient (Wildman–Crippen LogP) is 4.42. The average Bonchev–Trinajstić information content (AvgIpc) is 2.48. The topological polar surface area (TPSA) is 22.1 Å². The average molecular weight is 307 g/mol. The molecular formula is C16H17ClNOS. The molecule has 0 fully saturated rings. The molecule has 0 amide bonds. The molecule has 20 heavy (non-hydrogen) atoms. The Morgan fingerprint density at radius 1 is 1.20 bits per heavy atom. The van der Waals surface area contributed by atoms with E-state index in [0.29, 0.717) is 10.4 Å². The van der Waals surface area contributed by atoms with E-state index in [0.717, 1.165) is 23.5 Å². The number of hydrogen-bond acceptors (Lipinski definition) is 3. The van der Waals surface area contributed by atoms with Gasteiger partial charge in [-0.3, -0.25) is 0 Å². The van der Waals surface area contributed by atoms with Crippen molar-refractivity contribution in [2.24, 2.45) is 0 Å². The number of hydrogen-bond donors (Lipinski definition) is 0. The lowest BCUT2D eigenvalue weighted by Gasteiger charge is -2.11. The van der Waals surface area contributed by atoms with Crippen molar-refractivity contribution in [1.82, 2.24) is 4.98 Å². The maximum Gasteiger partial charge on any atom is 0.129 e. The number of thioether (sulfide) groups is 1. The molecule has 105 valence electrons. The summed E-state index contributed by atoms with van der Waals surface area (Å²) >= 11 is 7.60. The van der Waals surface area contributed by atoms with Crippen LogP contribution in [0.1, 0.15) is 11.1 Å². The van der Waals surface area contributed by atoms with Crippen molar-refractivity contribution in [1.29, 1.82) is 0 Å². The summed E-state index contributed by atoms with van der Waals surface area (Å²) in [7, 11) is 1.68. The van der Waals surface area contributed by atoms with E-state index < -0.39 is 0 Å². The number of pyridine rings is 1. The van der Waals surface area contributed by atoms with Gasteiger partial charge in [0.1, 0.15) is 10.9 Å². The minimum absolute atomic E-state index is 0.292. The SMILES string of the molecule is [CH2]C(Cc1ccc(Cl)nc1)SCc1ccc(OC)cc1. The van der Waals surface area contributed by atoms with Crippen molar-refractivity contribution >= 4 is 23.4 Å². The van der Waals surface area contributed by atoms with Gasteiger partial charge in [-0.05, 0) is 42.7 Å². The van der Waals surface area contributed by atoms with E-state index in [1.807, 2.05) is 42.2 Å². The highest BCUT2D eigenvalue weighted by Crippen LogP contribution is 2.22. The van der Waals surface area contributed by atoms with Crippen LogP contribution in [0.25, 0.3) is 0 Å². The molecule has 0 N–H and O–H groups in total. The van der Waals surface area contributed by atoms with Gasteiger partial charge in [0.15, 0.2) is 0 Å². The Bertz CT molecular complexity index is 527. The second kappa shape index (κ2) is 7.55. The fourth-order valence-corrected chi connectivity index (χ4v) is 2.83. The van der Waals surface area contributed by atoms with Gasteiger partial charge in [-0.25, -0.2) is 4.98 Å². The smallest absolute Gasteiger partial charge is 0.129 e. The number of benzene rings is 1. The van der Waals surface area contributed by atoms with Crippen molar-refractivity contribution in [3.8, 4) is 5.75 Å². The fourth-order valence-electron chi connectivity index (χ4n) is 1.78. The normalized spacial score (nSPS) is 12.2. The highest BCUT2D eigenvalue weighted by Gasteiger charge is 2.06. The third-order valence-electron chi connectivity index (χ3n) is 2.90. The van der Waals surface area contributed by atoms with Gasteiger partial charge < -0.3 is 4.74 Å². The zero-order valence-corrected chi connectivity index (χ0v) is 13.0. The van der Waals surface area contributed by atoms with Crippen LogP contribution in [-0.2, 0) is 12.2 Å². The summed E-state index contributed by atoms with van der Waals surface area (Å²) in [5.74, 6) is 1.83. The molecule has 1 aromatic carbocycles. The van der Waals surface area contributed by atoms with E-state index in [1.165, 1.54) is 5.56 Å². The second-order valence-corrected chi connectivity index (χ2v) is 6.15. The van der Waals surface area contributed by atoms with Crippen LogP contribution in [0.3, 0.4) is 0 Å². The zero-order valence-electron chi connectivity index (χ0n) is 11.4. The predicted molar refractivity (Wildman–Crippen MR) is 86.4 cm³/mol. The third kappa shape index (κ3) is 4.73. The van der Waals surface area contributed by atoms with Crippen molar-refractivity contribution in [3.63, 3.8) is 0 Å². The van der Waals surface area contributed by atoms with Gasteiger partial charge in [0, 0.05) is 17.2 Å². The second-order valence-electron chi connectivity index (χ2n) is 4.47. The number of aromatic nitrogens is 1. The Hall–Kier alpha value is -1.19. The van der Waals surface area contributed by atoms with Gasteiger partial charge >= 0.3 is 0 Å². The first-order valence-corrected chi connectivity index (χ1v) is 7.78. The molecule has 4 heteroatoms. The van der Waals surface area contributed by atoms with E-state index in [4.69, 9.17) is 16.3 Å². The molecule has 1 radical (unpaired) electrons. The summed E-state index contributed by atoms with van der Waals surface area (Å²) in [5.41, 5.74) is 2.44. The Morgan fingerprint density at radius 3 is 2.50 bits per heavy atom. The minimum Gasteiger partial charge on any atom is -0.497 e. The first-order chi connectivity index (χ1) is 9.67. The standard InChI is InChI=1S/C16H17ClNOS/c1-12(9-14-5-8-16(17)18-10-14)20-11-13-3-6-15(19-2)7-4-13/h3-8,10,12H,1,9,11H2,2H3. The summed E-state index contributed by atoms with van der Waals surface area (Å²) in [5, 5.41) is 0.820. The molecule has 2 rings (SSSR count). The molecule has 1 heterocycles. The van der Waals surface area contributed by atoms with Gasteiger partial charge in [-0.15, -0.1) is 0 Å². The van der Waals surface area contributed by atoms with Crippen LogP contribution in [0.5, 0.6) is 5.75 Å². The van der Waals surface area contributed by atoms with Gasteiger partial charge in [0.2, 0.25) is 0 Å². The van der Waals surface area contributed by atoms with Crippen LogP contribution in [0.2, 0.25) is 5.15 Å². The number of nitrogens with zero attached hydrogens (tertiary/aromatic N) is 1. The molecule has 0 aliphatic rings. The molecule has 1 unspecified atom stereocenters. The lowest BCUT2D eigenvalue weighted by Crippen LogP contribution is -2.02. The Morgan fingerprint density at radius 2 is 1.90 bits per heavy atom. The first kappa shape index (κ1) is 15.2. The quantitative estimate of drug-likeness (QED) is 0.737. The minimum atomic E-state index is 0.292. The van der Waals surface area contributed by atoms with Gasteiger partial charge in [0.25, 0.3) is 0 Å². The van der Waals surface area contributed by atoms with Crippen LogP contribution in [0.15, 0.2) is 42.6 Å². The molecule has 0 bridgehead atoms. The molecule has 0 saturated carbocycles. The van der Waals surface area contributed by atoms with Crippen LogP contribution in [-0.4, -0.2) is 17.3 Å². The Balaban J connectivity index is 1.82. The monoisotopic (exact) mass is 306 g/mol. The van der Waals surface area contributed by atoms with E-state index in [9.17, 15) is 0 Å². The van der Waals surface area contributed by atoms with Crippen LogP contribution in [0, 0.1) is 6.92 Å². The molecule has 0 aliphatic carbocycles. The number of rotatable bonds is 6. The zero-order chi connectivity index (χ0) is 14.4. The van der Waals surface area contributed by atoms with Crippen LogP contribution in [0.4, 0.5) is 0 Å². The molecule has 1 atom stereocenters. The summed E-state index contributed by atoms with van der Waals surface area (Å²) in [6.45, 7) is 4.18. The maximum absolute atomic E-state index is 5.77. The highest BCUT2D eigenvalue weighted by atomic mass is 35.5. The Kier molecular flexibility index (Phi) is 5.74. The summed E-state index contributed by atoms with van der Waals surface area (Å²) < 4.78 is 5.15. The Labute approximate surface area is 129 Å². The maximum atomic E-state index is 5.77. The molecule has 2 aromatic rings. The third-order valence-corrected chi connectivity index (χ3v) is 4.26. The lowest BCUT2D eigenvalue weighted by atomic mass is 10.2. The fraction of sp³-hybridized carbons (Fsp3) is 0.250. The first-order valence-electron chi connectivity index (χ1n) is 6.35. The van der Waals surface area contributed by atoms with E-state index in [-0.39, 0.29) is 0 Å². The number of methoxy groups -OCH3 is 1. The number of halogens is 1. The van der Waals surface area contributed by atoms with Gasteiger partial charge in [-0.2, -0.15) is 11.8 Å². The van der Waals surface area contributed by atoms with E-state index in [1.54, 1.807) is 7.11 Å². The lowest BCUT2D eigenvalue weighted by molar-refractivity contribution is 0.414. The number of ether oxygens (including phenoxy) is 1. The largest absolute Gasteiger partial charge is 0.497 e. The van der Waals surface area contributed by atoms with Gasteiger partial charge in [-0.1, -0.05) is 29.8 Å². The van der Waals surface area contributed by atoms with Crippen molar-refractivity contribution in [2.75, 3.05) is 7.11 Å². The molecule has 2 nitrogen and oxygen atoms in total. The summed E-state index contributed by atoms with van der Waals surface area (Å²) in [6.07, 6.45) is 2.71. The van der Waals surface area contributed by atoms with Crippen LogP contribution >= 0.6 is 23.4 Å². The summed E-state index contributed by atoms with van der Waals surface area (Å²) in [6, 6.07) is 12.0. The van der Waals surface area contributed by atoms with Crippen molar-refractivity contribution in [3.05, 3.63) is 65.8 Å².